The lowest BCUT2D eigenvalue weighted by Gasteiger charge is -2.04. The Kier molecular flexibility index (Phi) is 4.07. The van der Waals surface area contributed by atoms with E-state index in [4.69, 9.17) is 9.15 Å². The van der Waals surface area contributed by atoms with Gasteiger partial charge in [0.1, 0.15) is 5.82 Å². The molecule has 0 amide bonds. The van der Waals surface area contributed by atoms with Gasteiger partial charge >= 0.3 is 0 Å². The Morgan fingerprint density at radius 1 is 1.29 bits per heavy atom. The molecule has 0 aliphatic heterocycles. The van der Waals surface area contributed by atoms with Gasteiger partial charge in [0.05, 0.1) is 24.8 Å². The number of ether oxygens (including phenoxy) is 1. The van der Waals surface area contributed by atoms with Crippen LogP contribution in [0.2, 0.25) is 0 Å². The molecule has 0 aliphatic rings. The molecule has 0 spiro atoms. The Morgan fingerprint density at radius 3 is 2.95 bits per heavy atom. The summed E-state index contributed by atoms with van der Waals surface area (Å²) in [6.45, 7) is 3.26. The molecule has 0 N–H and O–H groups in total. The highest BCUT2D eigenvalue weighted by Gasteiger charge is 2.14. The third-order valence-corrected chi connectivity index (χ3v) is 2.98. The SMILES string of the molecule is CCOCCc1nc(-c2ccco2)nn1-c1cccnc1. The van der Waals surface area contributed by atoms with Crippen LogP contribution in [0.5, 0.6) is 0 Å². The molecule has 3 aromatic rings. The highest BCUT2D eigenvalue weighted by atomic mass is 16.5. The molecule has 0 atom stereocenters. The van der Waals surface area contributed by atoms with E-state index in [0.29, 0.717) is 31.2 Å². The lowest BCUT2D eigenvalue weighted by molar-refractivity contribution is 0.149. The number of rotatable bonds is 6. The van der Waals surface area contributed by atoms with Crippen molar-refractivity contribution < 1.29 is 9.15 Å². The lowest BCUT2D eigenvalue weighted by atomic mass is 10.4. The Bertz CT molecular complexity index is 677. The third-order valence-electron chi connectivity index (χ3n) is 2.98. The fourth-order valence-electron chi connectivity index (χ4n) is 2.01. The van der Waals surface area contributed by atoms with Crippen molar-refractivity contribution in [2.24, 2.45) is 0 Å². The summed E-state index contributed by atoms with van der Waals surface area (Å²) >= 11 is 0. The van der Waals surface area contributed by atoms with Gasteiger partial charge in [-0.05, 0) is 31.2 Å². The maximum absolute atomic E-state index is 5.41. The summed E-state index contributed by atoms with van der Waals surface area (Å²) in [6.07, 6.45) is 5.77. The third kappa shape index (κ3) is 3.00. The highest BCUT2D eigenvalue weighted by Crippen LogP contribution is 2.18. The summed E-state index contributed by atoms with van der Waals surface area (Å²) < 4.78 is 12.6. The van der Waals surface area contributed by atoms with E-state index in [2.05, 4.69) is 15.1 Å². The van der Waals surface area contributed by atoms with Gasteiger partial charge in [0.25, 0.3) is 0 Å². The predicted octanol–water partition coefficient (Wildman–Crippen LogP) is 2.50. The van der Waals surface area contributed by atoms with Crippen LogP contribution in [0, 0.1) is 0 Å². The topological polar surface area (TPSA) is 66.0 Å². The standard InChI is InChI=1S/C15H16N4O2/c1-2-20-10-7-14-17-15(13-6-4-9-21-13)18-19(14)12-5-3-8-16-11-12/h3-6,8-9,11H,2,7,10H2,1H3. The van der Waals surface area contributed by atoms with Crippen molar-refractivity contribution in [3.05, 3.63) is 48.7 Å². The molecule has 6 nitrogen and oxygen atoms in total. The van der Waals surface area contributed by atoms with Gasteiger partial charge in [-0.15, -0.1) is 5.10 Å². The minimum absolute atomic E-state index is 0.565. The van der Waals surface area contributed by atoms with Crippen molar-refractivity contribution in [1.82, 2.24) is 19.7 Å². The second kappa shape index (κ2) is 6.32. The summed E-state index contributed by atoms with van der Waals surface area (Å²) in [5.74, 6) is 2.04. The van der Waals surface area contributed by atoms with Gasteiger partial charge in [0.15, 0.2) is 5.76 Å². The second-order valence-corrected chi connectivity index (χ2v) is 4.40. The van der Waals surface area contributed by atoms with Crippen molar-refractivity contribution in [1.29, 1.82) is 0 Å². The molecule has 0 aromatic carbocycles. The van der Waals surface area contributed by atoms with Crippen molar-refractivity contribution >= 4 is 0 Å². The molecule has 0 unspecified atom stereocenters. The van der Waals surface area contributed by atoms with Crippen molar-refractivity contribution in [3.8, 4) is 17.3 Å². The first kappa shape index (κ1) is 13.5. The quantitative estimate of drug-likeness (QED) is 0.651. The summed E-state index contributed by atoms with van der Waals surface area (Å²) in [4.78, 5) is 8.68. The number of pyridine rings is 1. The normalized spacial score (nSPS) is 10.9. The molecule has 3 heterocycles. The monoisotopic (exact) mass is 284 g/mol. The average molecular weight is 284 g/mol. The lowest BCUT2D eigenvalue weighted by Crippen LogP contribution is -2.07. The van der Waals surface area contributed by atoms with Gasteiger partial charge in [-0.2, -0.15) is 0 Å². The minimum atomic E-state index is 0.565. The van der Waals surface area contributed by atoms with Gasteiger partial charge in [-0.1, -0.05) is 0 Å². The van der Waals surface area contributed by atoms with Gasteiger partial charge in [0.2, 0.25) is 5.82 Å². The van der Waals surface area contributed by atoms with Crippen LogP contribution in [0.15, 0.2) is 47.3 Å². The Morgan fingerprint density at radius 2 is 2.24 bits per heavy atom. The van der Waals surface area contributed by atoms with Crippen molar-refractivity contribution in [2.45, 2.75) is 13.3 Å². The smallest absolute Gasteiger partial charge is 0.217 e. The van der Waals surface area contributed by atoms with Gasteiger partial charge in [0, 0.05) is 19.2 Å². The minimum Gasteiger partial charge on any atom is -0.461 e. The maximum Gasteiger partial charge on any atom is 0.217 e. The molecule has 21 heavy (non-hydrogen) atoms. The Balaban J connectivity index is 1.96. The van der Waals surface area contributed by atoms with Crippen LogP contribution in [0.4, 0.5) is 0 Å². The molecular weight excluding hydrogens is 268 g/mol. The zero-order valence-electron chi connectivity index (χ0n) is 11.8. The zero-order valence-corrected chi connectivity index (χ0v) is 11.8. The molecule has 0 bridgehead atoms. The molecule has 0 aliphatic carbocycles. The van der Waals surface area contributed by atoms with Crippen LogP contribution in [-0.4, -0.2) is 33.0 Å². The Hall–Kier alpha value is -2.47. The van der Waals surface area contributed by atoms with Crippen LogP contribution in [-0.2, 0) is 11.2 Å². The fraction of sp³-hybridized carbons (Fsp3) is 0.267. The number of furan rings is 1. The molecule has 3 rings (SSSR count). The molecule has 0 fully saturated rings. The van der Waals surface area contributed by atoms with Crippen LogP contribution in [0.3, 0.4) is 0 Å². The van der Waals surface area contributed by atoms with Crippen molar-refractivity contribution in [3.63, 3.8) is 0 Å². The van der Waals surface area contributed by atoms with E-state index in [0.717, 1.165) is 11.5 Å². The molecule has 0 saturated carbocycles. The number of hydrogen-bond acceptors (Lipinski definition) is 5. The van der Waals surface area contributed by atoms with Crippen LogP contribution in [0.25, 0.3) is 17.3 Å². The van der Waals surface area contributed by atoms with E-state index in [1.165, 1.54) is 0 Å². The van der Waals surface area contributed by atoms with Gasteiger partial charge < -0.3 is 9.15 Å². The number of hydrogen-bond donors (Lipinski definition) is 0. The van der Waals surface area contributed by atoms with E-state index >= 15 is 0 Å². The van der Waals surface area contributed by atoms with Gasteiger partial charge in [-0.25, -0.2) is 9.67 Å². The first-order valence-corrected chi connectivity index (χ1v) is 6.86. The number of nitrogens with zero attached hydrogens (tertiary/aromatic N) is 4. The second-order valence-electron chi connectivity index (χ2n) is 4.40. The molecule has 3 aromatic heterocycles. The van der Waals surface area contributed by atoms with E-state index < -0.39 is 0 Å². The van der Waals surface area contributed by atoms with E-state index in [1.807, 2.05) is 31.2 Å². The van der Waals surface area contributed by atoms with Gasteiger partial charge in [-0.3, -0.25) is 4.98 Å². The summed E-state index contributed by atoms with van der Waals surface area (Å²) in [7, 11) is 0. The van der Waals surface area contributed by atoms with E-state index in [9.17, 15) is 0 Å². The highest BCUT2D eigenvalue weighted by molar-refractivity contribution is 5.46. The van der Waals surface area contributed by atoms with E-state index in [1.54, 1.807) is 23.3 Å². The first-order valence-electron chi connectivity index (χ1n) is 6.86. The van der Waals surface area contributed by atoms with Crippen LogP contribution in [0.1, 0.15) is 12.7 Å². The fourth-order valence-corrected chi connectivity index (χ4v) is 2.01. The van der Waals surface area contributed by atoms with Crippen molar-refractivity contribution in [2.75, 3.05) is 13.2 Å². The summed E-state index contributed by atoms with van der Waals surface area (Å²) in [5.41, 5.74) is 0.870. The average Bonchev–Trinajstić information content (AvgIpc) is 3.18. The molecule has 108 valence electrons. The number of aromatic nitrogens is 4. The summed E-state index contributed by atoms with van der Waals surface area (Å²) in [5, 5.41) is 4.52. The predicted molar refractivity (Wildman–Crippen MR) is 77.1 cm³/mol. The largest absolute Gasteiger partial charge is 0.461 e. The molecular formula is C15H16N4O2. The van der Waals surface area contributed by atoms with E-state index in [-0.39, 0.29) is 0 Å². The van der Waals surface area contributed by atoms with Crippen LogP contribution >= 0.6 is 0 Å². The Labute approximate surface area is 122 Å². The zero-order chi connectivity index (χ0) is 14.5. The summed E-state index contributed by atoms with van der Waals surface area (Å²) in [6, 6.07) is 7.48. The molecule has 6 heteroatoms. The molecule has 0 saturated heterocycles. The first-order chi connectivity index (χ1) is 10.4. The van der Waals surface area contributed by atoms with Crippen LogP contribution < -0.4 is 0 Å². The molecule has 0 radical (unpaired) electrons. The maximum atomic E-state index is 5.41.